The van der Waals surface area contributed by atoms with Crippen molar-refractivity contribution >= 4 is 5.97 Å². The number of nitro groups is 2. The van der Waals surface area contributed by atoms with E-state index in [4.69, 9.17) is 0 Å². The first-order chi connectivity index (χ1) is 7.59. The van der Waals surface area contributed by atoms with E-state index < -0.39 is 26.9 Å². The molecule has 8 heteroatoms. The fourth-order valence-corrected chi connectivity index (χ4v) is 1.26. The highest BCUT2D eigenvalue weighted by atomic mass is 16.6. The first-order valence-corrected chi connectivity index (χ1v) is 4.95. The van der Waals surface area contributed by atoms with Crippen LogP contribution in [0.25, 0.3) is 0 Å². The van der Waals surface area contributed by atoms with Crippen LogP contribution in [0.4, 0.5) is 0 Å². The van der Waals surface area contributed by atoms with Crippen LogP contribution < -0.4 is 0 Å². The molecule has 0 aliphatic carbocycles. The number of methoxy groups -OCH3 is 1. The Morgan fingerprint density at radius 3 is 1.94 bits per heavy atom. The van der Waals surface area contributed by atoms with Crippen molar-refractivity contribution in [2.45, 2.75) is 44.7 Å². The van der Waals surface area contributed by atoms with E-state index in [1.54, 1.807) is 0 Å². The molecule has 1 unspecified atom stereocenters. The predicted molar refractivity (Wildman–Crippen MR) is 57.7 cm³/mol. The van der Waals surface area contributed by atoms with Gasteiger partial charge in [-0.2, -0.15) is 0 Å². The molecule has 0 radical (unpaired) electrons. The number of ether oxygens (including phenoxy) is 1. The second kappa shape index (κ2) is 5.07. The second-order valence-electron chi connectivity index (χ2n) is 4.42. The van der Waals surface area contributed by atoms with Gasteiger partial charge >= 0.3 is 5.97 Å². The van der Waals surface area contributed by atoms with Crippen molar-refractivity contribution in [1.29, 1.82) is 0 Å². The Labute approximate surface area is 98.2 Å². The minimum Gasteiger partial charge on any atom is -0.469 e. The summed E-state index contributed by atoms with van der Waals surface area (Å²) in [5.74, 6) is -0.628. The minimum atomic E-state index is -1.83. The third kappa shape index (κ3) is 2.89. The summed E-state index contributed by atoms with van der Waals surface area (Å²) in [6.07, 6.45) is -0.480. The van der Waals surface area contributed by atoms with E-state index in [0.29, 0.717) is 0 Å². The molecule has 0 aromatic carbocycles. The van der Waals surface area contributed by atoms with Crippen LogP contribution in [-0.2, 0) is 9.53 Å². The maximum Gasteiger partial charge on any atom is 0.305 e. The number of hydrogen-bond donors (Lipinski definition) is 0. The van der Waals surface area contributed by atoms with E-state index in [2.05, 4.69) is 4.74 Å². The molecule has 0 aromatic heterocycles. The molecule has 0 aromatic rings. The molecule has 1 atom stereocenters. The summed E-state index contributed by atoms with van der Waals surface area (Å²) in [5.41, 5.74) is -3.60. The largest absolute Gasteiger partial charge is 0.469 e. The Kier molecular flexibility index (Phi) is 4.55. The molecule has 0 bridgehead atoms. The molecule has 0 N–H and O–H groups in total. The van der Waals surface area contributed by atoms with Gasteiger partial charge in [-0.3, -0.25) is 25.0 Å². The Morgan fingerprint density at radius 2 is 1.65 bits per heavy atom. The van der Waals surface area contributed by atoms with Gasteiger partial charge in [-0.25, -0.2) is 0 Å². The van der Waals surface area contributed by atoms with E-state index in [1.807, 2.05) is 0 Å². The number of rotatable bonds is 6. The van der Waals surface area contributed by atoms with Crippen molar-refractivity contribution < 1.29 is 19.4 Å². The number of esters is 1. The summed E-state index contributed by atoms with van der Waals surface area (Å²) >= 11 is 0. The van der Waals surface area contributed by atoms with Crippen LogP contribution >= 0.6 is 0 Å². The molecule has 0 saturated heterocycles. The number of carbonyl (C=O) groups excluding carboxylic acids is 1. The van der Waals surface area contributed by atoms with Crippen LogP contribution in [0.5, 0.6) is 0 Å². The fraction of sp³-hybridized carbons (Fsp3) is 0.889. The van der Waals surface area contributed by atoms with Crippen molar-refractivity contribution in [3.05, 3.63) is 20.2 Å². The van der Waals surface area contributed by atoms with Gasteiger partial charge in [0, 0.05) is 37.0 Å². The number of nitrogens with zero attached hydrogens (tertiary/aromatic N) is 2. The standard InChI is InChI=1S/C9H16N2O6/c1-8(2,10(13)14)9(3,11(15)16)6-5-7(12)17-4/h5-6H2,1-4H3. The van der Waals surface area contributed by atoms with Crippen LogP contribution in [0.15, 0.2) is 0 Å². The molecule has 8 nitrogen and oxygen atoms in total. The first kappa shape index (κ1) is 15.3. The smallest absolute Gasteiger partial charge is 0.305 e. The Morgan fingerprint density at radius 1 is 1.18 bits per heavy atom. The van der Waals surface area contributed by atoms with Gasteiger partial charge in [-0.1, -0.05) is 0 Å². The van der Waals surface area contributed by atoms with Gasteiger partial charge in [0.05, 0.1) is 13.5 Å². The van der Waals surface area contributed by atoms with Gasteiger partial charge in [0.1, 0.15) is 0 Å². The highest BCUT2D eigenvalue weighted by Crippen LogP contribution is 2.32. The van der Waals surface area contributed by atoms with Crippen molar-refractivity contribution in [1.82, 2.24) is 0 Å². The van der Waals surface area contributed by atoms with Crippen LogP contribution in [0.3, 0.4) is 0 Å². The van der Waals surface area contributed by atoms with Gasteiger partial charge in [0.25, 0.3) is 11.1 Å². The molecule has 0 rings (SSSR count). The van der Waals surface area contributed by atoms with Gasteiger partial charge in [-0.05, 0) is 0 Å². The maximum atomic E-state index is 11.0. The zero-order chi connectivity index (χ0) is 13.9. The molecule has 98 valence electrons. The molecule has 0 amide bonds. The quantitative estimate of drug-likeness (QED) is 0.394. The summed E-state index contributed by atoms with van der Waals surface area (Å²) in [4.78, 5) is 31.4. The fourth-order valence-electron chi connectivity index (χ4n) is 1.26. The average molecular weight is 248 g/mol. The average Bonchev–Trinajstić information content (AvgIpc) is 2.24. The van der Waals surface area contributed by atoms with E-state index in [1.165, 1.54) is 20.8 Å². The third-order valence-corrected chi connectivity index (χ3v) is 3.22. The van der Waals surface area contributed by atoms with Crippen molar-refractivity contribution in [2.75, 3.05) is 7.11 Å². The normalized spacial score (nSPS) is 14.8. The third-order valence-electron chi connectivity index (χ3n) is 3.22. The van der Waals surface area contributed by atoms with Crippen molar-refractivity contribution in [3.8, 4) is 0 Å². The van der Waals surface area contributed by atoms with Crippen LogP contribution in [0.2, 0.25) is 0 Å². The summed E-state index contributed by atoms with van der Waals surface area (Å²) < 4.78 is 4.37. The van der Waals surface area contributed by atoms with Crippen LogP contribution in [-0.4, -0.2) is 34.0 Å². The molecule has 0 aliphatic heterocycles. The Hall–Kier alpha value is -1.73. The molecular formula is C9H16N2O6. The Balaban J connectivity index is 5.12. The van der Waals surface area contributed by atoms with E-state index >= 15 is 0 Å². The molecule has 0 spiro atoms. The molecule has 17 heavy (non-hydrogen) atoms. The highest BCUT2D eigenvalue weighted by Gasteiger charge is 2.61. The van der Waals surface area contributed by atoms with Gasteiger partial charge in [0.2, 0.25) is 0 Å². The summed E-state index contributed by atoms with van der Waals surface area (Å²) in [6.45, 7) is 3.51. The number of hydrogen-bond acceptors (Lipinski definition) is 6. The Bertz CT molecular complexity index is 340. The highest BCUT2D eigenvalue weighted by molar-refractivity contribution is 5.69. The SMILES string of the molecule is COC(=O)CCC(C)([N+](=O)[O-])C(C)(C)[N+](=O)[O-]. The van der Waals surface area contributed by atoms with Gasteiger partial charge in [0.15, 0.2) is 0 Å². The van der Waals surface area contributed by atoms with E-state index in [9.17, 15) is 25.0 Å². The van der Waals surface area contributed by atoms with E-state index in [0.717, 1.165) is 7.11 Å². The topological polar surface area (TPSA) is 113 Å². The summed E-state index contributed by atoms with van der Waals surface area (Å²) in [7, 11) is 1.16. The second-order valence-corrected chi connectivity index (χ2v) is 4.42. The van der Waals surface area contributed by atoms with Crippen molar-refractivity contribution in [3.63, 3.8) is 0 Å². The lowest BCUT2D eigenvalue weighted by molar-refractivity contribution is -0.677. The lowest BCUT2D eigenvalue weighted by Crippen LogP contribution is -2.58. The predicted octanol–water partition coefficient (Wildman–Crippen LogP) is 1.03. The van der Waals surface area contributed by atoms with Gasteiger partial charge < -0.3 is 4.74 Å². The van der Waals surface area contributed by atoms with Crippen LogP contribution in [0.1, 0.15) is 33.6 Å². The lowest BCUT2D eigenvalue weighted by Gasteiger charge is -2.29. The maximum absolute atomic E-state index is 11.0. The minimum absolute atomic E-state index is 0.231. The molecular weight excluding hydrogens is 232 g/mol. The number of carbonyl (C=O) groups is 1. The molecule has 0 aliphatic rings. The van der Waals surface area contributed by atoms with E-state index in [-0.39, 0.29) is 12.8 Å². The lowest BCUT2D eigenvalue weighted by atomic mass is 9.78. The van der Waals surface area contributed by atoms with Crippen molar-refractivity contribution in [2.24, 2.45) is 0 Å². The summed E-state index contributed by atoms with van der Waals surface area (Å²) in [5, 5.41) is 21.9. The van der Waals surface area contributed by atoms with Gasteiger partial charge in [-0.15, -0.1) is 0 Å². The van der Waals surface area contributed by atoms with Crippen LogP contribution in [0, 0.1) is 20.2 Å². The summed E-state index contributed by atoms with van der Waals surface area (Å²) in [6, 6.07) is 0. The zero-order valence-electron chi connectivity index (χ0n) is 10.3. The molecule has 0 saturated carbocycles. The zero-order valence-corrected chi connectivity index (χ0v) is 10.3. The first-order valence-electron chi connectivity index (χ1n) is 4.95. The molecule has 0 heterocycles. The molecule has 0 fully saturated rings. The monoisotopic (exact) mass is 248 g/mol.